The van der Waals surface area contributed by atoms with E-state index in [2.05, 4.69) is 17.6 Å². The maximum Gasteiger partial charge on any atom is 0.233 e. The SMILES string of the molecule is C[C@H](NCC(=O)NCCC#N)C1CCCCCC1. The predicted molar refractivity (Wildman–Crippen MR) is 71.9 cm³/mol. The fraction of sp³-hybridized carbons (Fsp3) is 0.857. The lowest BCUT2D eigenvalue weighted by Gasteiger charge is -2.23. The van der Waals surface area contributed by atoms with Gasteiger partial charge in [0.1, 0.15) is 0 Å². The number of carbonyl (C=O) groups excluding carboxylic acids is 1. The highest BCUT2D eigenvalue weighted by molar-refractivity contribution is 5.77. The van der Waals surface area contributed by atoms with Crippen LogP contribution in [-0.2, 0) is 4.79 Å². The summed E-state index contributed by atoms with van der Waals surface area (Å²) < 4.78 is 0. The van der Waals surface area contributed by atoms with Crippen molar-refractivity contribution in [3.05, 3.63) is 0 Å². The number of nitriles is 1. The Morgan fingerprint density at radius 2 is 2.00 bits per heavy atom. The summed E-state index contributed by atoms with van der Waals surface area (Å²) >= 11 is 0. The lowest BCUT2D eigenvalue weighted by molar-refractivity contribution is -0.120. The van der Waals surface area contributed by atoms with Gasteiger partial charge in [0.2, 0.25) is 5.91 Å². The Hall–Kier alpha value is -1.08. The molecule has 0 aromatic rings. The summed E-state index contributed by atoms with van der Waals surface area (Å²) in [6, 6.07) is 2.42. The number of hydrogen-bond donors (Lipinski definition) is 2. The summed E-state index contributed by atoms with van der Waals surface area (Å²) in [5, 5.41) is 14.4. The van der Waals surface area contributed by atoms with Crippen LogP contribution in [0.25, 0.3) is 0 Å². The van der Waals surface area contributed by atoms with Gasteiger partial charge in [0.05, 0.1) is 19.0 Å². The molecule has 1 rings (SSSR count). The van der Waals surface area contributed by atoms with Crippen LogP contribution in [0.2, 0.25) is 0 Å². The van der Waals surface area contributed by atoms with Crippen molar-refractivity contribution in [1.29, 1.82) is 5.26 Å². The van der Waals surface area contributed by atoms with Crippen LogP contribution in [0.1, 0.15) is 51.9 Å². The van der Waals surface area contributed by atoms with Crippen LogP contribution in [0, 0.1) is 17.2 Å². The minimum Gasteiger partial charge on any atom is -0.354 e. The molecule has 1 saturated carbocycles. The van der Waals surface area contributed by atoms with Gasteiger partial charge in [-0.05, 0) is 25.7 Å². The Bertz CT molecular complexity index is 277. The molecule has 1 aliphatic carbocycles. The molecule has 18 heavy (non-hydrogen) atoms. The minimum absolute atomic E-state index is 0.00859. The van der Waals surface area contributed by atoms with E-state index in [0.717, 1.165) is 0 Å². The van der Waals surface area contributed by atoms with Crippen LogP contribution in [0.15, 0.2) is 0 Å². The van der Waals surface area contributed by atoms with Gasteiger partial charge in [0.15, 0.2) is 0 Å². The van der Waals surface area contributed by atoms with Crippen LogP contribution >= 0.6 is 0 Å². The molecule has 4 heteroatoms. The van der Waals surface area contributed by atoms with Crippen LogP contribution in [0.3, 0.4) is 0 Å². The quantitative estimate of drug-likeness (QED) is 0.560. The molecule has 102 valence electrons. The van der Waals surface area contributed by atoms with Crippen molar-refractivity contribution in [3.8, 4) is 6.07 Å². The topological polar surface area (TPSA) is 64.9 Å². The average molecular weight is 251 g/mol. The van der Waals surface area contributed by atoms with Gasteiger partial charge in [0.25, 0.3) is 0 Å². The Balaban J connectivity index is 2.16. The Labute approximate surface area is 110 Å². The summed E-state index contributed by atoms with van der Waals surface area (Å²) in [6.07, 6.45) is 8.31. The molecule has 0 aliphatic heterocycles. The molecule has 0 aromatic heterocycles. The second kappa shape index (κ2) is 8.93. The van der Waals surface area contributed by atoms with Crippen LogP contribution in [0.5, 0.6) is 0 Å². The normalized spacial score (nSPS) is 18.7. The molecule has 1 aliphatic rings. The van der Waals surface area contributed by atoms with E-state index in [1.54, 1.807) is 0 Å². The molecule has 1 amide bonds. The Morgan fingerprint density at radius 1 is 1.33 bits per heavy atom. The van der Waals surface area contributed by atoms with E-state index in [-0.39, 0.29) is 5.91 Å². The Kier molecular flexibility index (Phi) is 7.43. The molecule has 4 nitrogen and oxygen atoms in total. The third kappa shape index (κ3) is 6.02. The fourth-order valence-electron chi connectivity index (χ4n) is 2.55. The molecule has 0 bridgehead atoms. The summed E-state index contributed by atoms with van der Waals surface area (Å²) in [6.45, 7) is 3.00. The zero-order chi connectivity index (χ0) is 13.2. The number of nitrogens with zero attached hydrogens (tertiary/aromatic N) is 1. The van der Waals surface area contributed by atoms with Gasteiger partial charge in [0, 0.05) is 12.6 Å². The van der Waals surface area contributed by atoms with E-state index in [9.17, 15) is 4.79 Å². The predicted octanol–water partition coefficient (Wildman–Crippen LogP) is 1.96. The van der Waals surface area contributed by atoms with Gasteiger partial charge in [-0.25, -0.2) is 0 Å². The average Bonchev–Trinajstić information content (AvgIpc) is 2.65. The molecule has 0 aromatic carbocycles. The van der Waals surface area contributed by atoms with E-state index < -0.39 is 0 Å². The van der Waals surface area contributed by atoms with E-state index >= 15 is 0 Å². The lowest BCUT2D eigenvalue weighted by Crippen LogP contribution is -2.41. The first-order chi connectivity index (χ1) is 8.74. The second-order valence-corrected chi connectivity index (χ2v) is 5.18. The van der Waals surface area contributed by atoms with Crippen LogP contribution in [0.4, 0.5) is 0 Å². The zero-order valence-electron chi connectivity index (χ0n) is 11.4. The first-order valence-corrected chi connectivity index (χ1v) is 7.11. The number of rotatable bonds is 6. The standard InChI is InChI=1S/C14H25N3O/c1-12(13-7-4-2-3-5-8-13)17-11-14(18)16-10-6-9-15/h12-13,17H,2-8,10-11H2,1H3,(H,16,18)/t12-/m0/s1. The summed E-state index contributed by atoms with van der Waals surface area (Å²) in [7, 11) is 0. The smallest absolute Gasteiger partial charge is 0.233 e. The van der Waals surface area contributed by atoms with Gasteiger partial charge in [-0.2, -0.15) is 5.26 Å². The summed E-state index contributed by atoms with van der Waals surface area (Å²) in [5.41, 5.74) is 0. The number of amides is 1. The van der Waals surface area contributed by atoms with Crippen molar-refractivity contribution in [3.63, 3.8) is 0 Å². The van der Waals surface area contributed by atoms with Gasteiger partial charge in [-0.3, -0.25) is 4.79 Å². The van der Waals surface area contributed by atoms with Crippen molar-refractivity contribution in [2.75, 3.05) is 13.1 Å². The van der Waals surface area contributed by atoms with E-state index in [1.165, 1.54) is 38.5 Å². The maximum atomic E-state index is 11.5. The molecule has 1 fully saturated rings. The molecular weight excluding hydrogens is 226 g/mol. The molecule has 0 spiro atoms. The van der Waals surface area contributed by atoms with E-state index in [0.29, 0.717) is 31.5 Å². The van der Waals surface area contributed by atoms with Crippen molar-refractivity contribution in [1.82, 2.24) is 10.6 Å². The number of nitrogens with one attached hydrogen (secondary N) is 2. The van der Waals surface area contributed by atoms with Gasteiger partial charge >= 0.3 is 0 Å². The van der Waals surface area contributed by atoms with E-state index in [1.807, 2.05) is 6.07 Å². The largest absolute Gasteiger partial charge is 0.354 e. The van der Waals surface area contributed by atoms with Gasteiger partial charge in [-0.1, -0.05) is 25.7 Å². The molecule has 2 N–H and O–H groups in total. The molecule has 1 atom stereocenters. The first kappa shape index (κ1) is 15.0. The number of carbonyl (C=O) groups is 1. The second-order valence-electron chi connectivity index (χ2n) is 5.18. The summed E-state index contributed by atoms with van der Waals surface area (Å²) in [5.74, 6) is 0.699. The van der Waals surface area contributed by atoms with Crippen molar-refractivity contribution >= 4 is 5.91 Å². The zero-order valence-corrected chi connectivity index (χ0v) is 11.4. The third-order valence-electron chi connectivity index (χ3n) is 3.75. The van der Waals surface area contributed by atoms with E-state index in [4.69, 9.17) is 5.26 Å². The Morgan fingerprint density at radius 3 is 2.61 bits per heavy atom. The highest BCUT2D eigenvalue weighted by atomic mass is 16.1. The van der Waals surface area contributed by atoms with Crippen molar-refractivity contribution < 1.29 is 4.79 Å². The van der Waals surface area contributed by atoms with Crippen molar-refractivity contribution in [2.45, 2.75) is 57.9 Å². The van der Waals surface area contributed by atoms with Gasteiger partial charge < -0.3 is 10.6 Å². The molecule has 0 saturated heterocycles. The third-order valence-corrected chi connectivity index (χ3v) is 3.75. The van der Waals surface area contributed by atoms with Crippen LogP contribution < -0.4 is 10.6 Å². The van der Waals surface area contributed by atoms with Gasteiger partial charge in [-0.15, -0.1) is 0 Å². The fourth-order valence-corrected chi connectivity index (χ4v) is 2.55. The molecule has 0 unspecified atom stereocenters. The minimum atomic E-state index is -0.00859. The van der Waals surface area contributed by atoms with Crippen molar-refractivity contribution in [2.24, 2.45) is 5.92 Å². The lowest BCUT2D eigenvalue weighted by atomic mass is 9.93. The molecule has 0 radical (unpaired) electrons. The number of hydrogen-bond acceptors (Lipinski definition) is 3. The highest BCUT2D eigenvalue weighted by Gasteiger charge is 2.19. The van der Waals surface area contributed by atoms with Crippen LogP contribution in [-0.4, -0.2) is 25.0 Å². The maximum absolute atomic E-state index is 11.5. The molecule has 0 heterocycles. The highest BCUT2D eigenvalue weighted by Crippen LogP contribution is 2.25. The first-order valence-electron chi connectivity index (χ1n) is 7.11. The monoisotopic (exact) mass is 251 g/mol. The summed E-state index contributed by atoms with van der Waals surface area (Å²) in [4.78, 5) is 11.5. The molecular formula is C14H25N3O.